The van der Waals surface area contributed by atoms with Crippen molar-refractivity contribution in [2.24, 2.45) is 9.98 Å². The molecule has 0 fully saturated rings. The summed E-state index contributed by atoms with van der Waals surface area (Å²) in [4.78, 5) is 16.5. The minimum atomic E-state index is -4.49. The van der Waals surface area contributed by atoms with E-state index >= 15 is 0 Å². The van der Waals surface area contributed by atoms with Crippen LogP contribution in [0.15, 0.2) is 112 Å². The molecule has 2 aromatic heterocycles. The van der Waals surface area contributed by atoms with E-state index in [4.69, 9.17) is 15.1 Å². The van der Waals surface area contributed by atoms with E-state index in [-0.39, 0.29) is 11.7 Å². The molecule has 1 atom stereocenters. The van der Waals surface area contributed by atoms with Crippen LogP contribution >= 0.6 is 15.9 Å². The summed E-state index contributed by atoms with van der Waals surface area (Å²) in [5.41, 5.74) is 3.58. The first-order chi connectivity index (χ1) is 20.3. The molecule has 2 aliphatic heterocycles. The molecule has 0 aliphatic carbocycles. The Balaban J connectivity index is 1.47. The molecule has 11 heteroatoms. The number of benzene rings is 3. The van der Waals surface area contributed by atoms with Gasteiger partial charge in [-0.15, -0.1) is 0 Å². The van der Waals surface area contributed by atoms with Gasteiger partial charge in [0.05, 0.1) is 28.7 Å². The zero-order valence-electron chi connectivity index (χ0n) is 22.0. The smallest absolute Gasteiger partial charge is 0.337 e. The lowest BCUT2D eigenvalue weighted by atomic mass is 9.93. The number of aliphatic imine (C=N–C) groups is 2. The van der Waals surface area contributed by atoms with Gasteiger partial charge in [-0.25, -0.2) is 15.0 Å². The predicted octanol–water partition coefficient (Wildman–Crippen LogP) is 8.15. The van der Waals surface area contributed by atoms with Gasteiger partial charge >= 0.3 is 6.18 Å². The second-order valence-electron chi connectivity index (χ2n) is 9.84. The number of rotatable bonds is 3. The fourth-order valence-electron chi connectivity index (χ4n) is 5.34. The highest BCUT2D eigenvalue weighted by Gasteiger charge is 2.41. The standard InChI is InChI=1S/C31H21BrF3N7/c1-18-26-27(19-8-6-10-21(32)16-19)41-24-13-3-2-12-23(24)38-28(37-22-11-7-9-20(17-22)31(33,34)35)30(41)39-29(26)42(40-18)25-14-4-5-15-36-25/h2-17,27H,1H3,(H,37,38). The normalized spacial score (nSPS) is 15.7. The van der Waals surface area contributed by atoms with Crippen molar-refractivity contribution < 1.29 is 13.2 Å². The van der Waals surface area contributed by atoms with Gasteiger partial charge in [-0.3, -0.25) is 0 Å². The lowest BCUT2D eigenvalue weighted by molar-refractivity contribution is -0.137. The molecule has 2 aliphatic rings. The Morgan fingerprint density at radius 3 is 2.48 bits per heavy atom. The number of pyridine rings is 1. The van der Waals surface area contributed by atoms with E-state index in [2.05, 4.69) is 31.1 Å². The molecular formula is C31H21BrF3N7. The summed E-state index contributed by atoms with van der Waals surface area (Å²) in [5, 5.41) is 7.98. The Bertz CT molecular complexity index is 1900. The molecule has 0 radical (unpaired) electrons. The molecule has 1 unspecified atom stereocenters. The number of amidine groups is 2. The number of hydrogen-bond acceptors (Lipinski definition) is 6. The van der Waals surface area contributed by atoms with Crippen molar-refractivity contribution >= 4 is 50.5 Å². The van der Waals surface area contributed by atoms with E-state index in [9.17, 15) is 13.2 Å². The van der Waals surface area contributed by atoms with Gasteiger partial charge in [-0.05, 0) is 67.1 Å². The Morgan fingerprint density at radius 1 is 0.881 bits per heavy atom. The minimum absolute atomic E-state index is 0.241. The highest BCUT2D eigenvalue weighted by molar-refractivity contribution is 9.10. The van der Waals surface area contributed by atoms with E-state index in [0.717, 1.165) is 39.1 Å². The SMILES string of the molecule is Cc1nn(-c2ccccn2)c2c1C(c1cccc(Br)c1)N1C(=N2)C(Nc2cccc(C(F)(F)F)c2)=Nc2ccccc21. The molecule has 7 nitrogen and oxygen atoms in total. The molecular weight excluding hydrogens is 607 g/mol. The summed E-state index contributed by atoms with van der Waals surface area (Å²) in [5.74, 6) is 1.92. The Morgan fingerprint density at radius 2 is 1.69 bits per heavy atom. The van der Waals surface area contributed by atoms with Crippen LogP contribution in [0.4, 0.5) is 36.1 Å². The van der Waals surface area contributed by atoms with Crippen molar-refractivity contribution in [3.63, 3.8) is 0 Å². The van der Waals surface area contributed by atoms with Gasteiger partial charge in [0.1, 0.15) is 0 Å². The molecule has 4 heterocycles. The molecule has 0 spiro atoms. The first-order valence-corrected chi connectivity index (χ1v) is 13.8. The third-order valence-corrected chi connectivity index (χ3v) is 7.61. The van der Waals surface area contributed by atoms with Gasteiger partial charge in [-0.2, -0.15) is 23.0 Å². The van der Waals surface area contributed by atoms with Crippen LogP contribution in [0.5, 0.6) is 0 Å². The van der Waals surface area contributed by atoms with Gasteiger partial charge in [0.25, 0.3) is 0 Å². The molecule has 7 rings (SSSR count). The van der Waals surface area contributed by atoms with Gasteiger partial charge in [0, 0.05) is 21.9 Å². The molecule has 0 bridgehead atoms. The maximum Gasteiger partial charge on any atom is 0.416 e. The Hall–Kier alpha value is -4.77. The monoisotopic (exact) mass is 627 g/mol. The Kier molecular flexibility index (Phi) is 6.19. The zero-order valence-corrected chi connectivity index (χ0v) is 23.6. The van der Waals surface area contributed by atoms with Gasteiger partial charge in [0.2, 0.25) is 0 Å². The number of aryl methyl sites for hydroxylation is 1. The summed E-state index contributed by atoms with van der Waals surface area (Å²) in [7, 11) is 0. The summed E-state index contributed by atoms with van der Waals surface area (Å²) < 4.78 is 43.2. The number of alkyl halides is 3. The number of hydrogen-bond donors (Lipinski definition) is 1. The highest BCUT2D eigenvalue weighted by Crippen LogP contribution is 2.48. The summed E-state index contributed by atoms with van der Waals surface area (Å²) >= 11 is 3.62. The summed E-state index contributed by atoms with van der Waals surface area (Å²) in [6.07, 6.45) is -2.80. The van der Waals surface area contributed by atoms with Crippen LogP contribution in [0.3, 0.4) is 0 Å². The molecule has 5 aromatic rings. The maximum absolute atomic E-state index is 13.5. The first kappa shape index (κ1) is 26.1. The second kappa shape index (κ2) is 9.95. The van der Waals surface area contributed by atoms with Crippen LogP contribution in [-0.2, 0) is 6.18 Å². The molecule has 208 valence electrons. The molecule has 1 N–H and O–H groups in total. The van der Waals surface area contributed by atoms with Crippen molar-refractivity contribution in [3.8, 4) is 5.82 Å². The quantitative estimate of drug-likeness (QED) is 0.219. The third-order valence-electron chi connectivity index (χ3n) is 7.12. The van der Waals surface area contributed by atoms with E-state index < -0.39 is 11.7 Å². The van der Waals surface area contributed by atoms with E-state index in [0.29, 0.717) is 29.0 Å². The van der Waals surface area contributed by atoms with E-state index in [1.165, 1.54) is 6.07 Å². The Labute approximate surface area is 247 Å². The average molecular weight is 628 g/mol. The lowest BCUT2D eigenvalue weighted by Gasteiger charge is -2.40. The number of aromatic nitrogens is 3. The lowest BCUT2D eigenvalue weighted by Crippen LogP contribution is -2.46. The molecule has 0 saturated heterocycles. The van der Waals surface area contributed by atoms with Crippen molar-refractivity contribution in [1.82, 2.24) is 14.8 Å². The third kappa shape index (κ3) is 4.46. The number of anilines is 2. The van der Waals surface area contributed by atoms with Crippen LogP contribution < -0.4 is 10.2 Å². The summed E-state index contributed by atoms with van der Waals surface area (Å²) in [6, 6.07) is 25.9. The average Bonchev–Trinajstić information content (AvgIpc) is 3.32. The molecule has 3 aromatic carbocycles. The van der Waals surface area contributed by atoms with Crippen LogP contribution in [0.2, 0.25) is 0 Å². The minimum Gasteiger partial charge on any atom is -0.337 e. The van der Waals surface area contributed by atoms with Gasteiger partial charge in [-0.1, -0.05) is 52.3 Å². The van der Waals surface area contributed by atoms with Gasteiger partial charge < -0.3 is 10.2 Å². The van der Waals surface area contributed by atoms with Crippen molar-refractivity contribution in [3.05, 3.63) is 124 Å². The highest BCUT2D eigenvalue weighted by atomic mass is 79.9. The van der Waals surface area contributed by atoms with Crippen LogP contribution in [0.1, 0.15) is 28.4 Å². The van der Waals surface area contributed by atoms with Crippen LogP contribution in [0, 0.1) is 6.92 Å². The number of para-hydroxylation sites is 2. The number of halogens is 4. The van der Waals surface area contributed by atoms with Crippen molar-refractivity contribution in [2.45, 2.75) is 19.1 Å². The largest absolute Gasteiger partial charge is 0.416 e. The fourth-order valence-corrected chi connectivity index (χ4v) is 5.76. The van der Waals surface area contributed by atoms with Crippen molar-refractivity contribution in [1.29, 1.82) is 0 Å². The summed E-state index contributed by atoms with van der Waals surface area (Å²) in [6.45, 7) is 1.94. The first-order valence-electron chi connectivity index (χ1n) is 13.0. The molecule has 42 heavy (non-hydrogen) atoms. The predicted molar refractivity (Wildman–Crippen MR) is 160 cm³/mol. The molecule has 0 amide bonds. The topological polar surface area (TPSA) is 70.7 Å². The second-order valence-corrected chi connectivity index (χ2v) is 10.8. The van der Waals surface area contributed by atoms with Crippen molar-refractivity contribution in [2.75, 3.05) is 10.2 Å². The van der Waals surface area contributed by atoms with Gasteiger partial charge in [0.15, 0.2) is 23.3 Å². The van der Waals surface area contributed by atoms with E-state index in [1.54, 1.807) is 16.9 Å². The zero-order chi connectivity index (χ0) is 29.0. The van der Waals surface area contributed by atoms with Crippen LogP contribution in [0.25, 0.3) is 5.82 Å². The number of fused-ring (bicyclic) bond motifs is 4. The van der Waals surface area contributed by atoms with E-state index in [1.807, 2.05) is 73.7 Å². The number of nitrogens with zero attached hydrogens (tertiary/aromatic N) is 6. The fraction of sp³-hybridized carbons (Fsp3) is 0.0968. The maximum atomic E-state index is 13.5. The van der Waals surface area contributed by atoms with Crippen LogP contribution in [-0.4, -0.2) is 26.4 Å². The molecule has 0 saturated carbocycles. The number of nitrogens with one attached hydrogen (secondary N) is 1.